The molecule has 5 heteroatoms. The molecule has 0 aliphatic carbocycles. The molecule has 1 heterocycles. The monoisotopic (exact) mass is 315 g/mol. The van der Waals surface area contributed by atoms with E-state index < -0.39 is 0 Å². The van der Waals surface area contributed by atoms with Gasteiger partial charge in [0.05, 0.1) is 0 Å². The molecule has 1 aromatic carbocycles. The summed E-state index contributed by atoms with van der Waals surface area (Å²) in [7, 11) is 0. The van der Waals surface area contributed by atoms with E-state index in [4.69, 9.17) is 4.42 Å². The molecule has 0 unspecified atom stereocenters. The Kier molecular flexibility index (Phi) is 6.32. The molecular formula is C18H25N3O2. The smallest absolute Gasteiger partial charge is 0.247 e. The third kappa shape index (κ3) is 4.91. The van der Waals surface area contributed by atoms with Crippen molar-refractivity contribution in [2.75, 3.05) is 13.1 Å². The number of carbonyl (C=O) groups excluding carboxylic acids is 1. The van der Waals surface area contributed by atoms with E-state index in [0.29, 0.717) is 24.6 Å². The van der Waals surface area contributed by atoms with Crippen molar-refractivity contribution in [1.29, 1.82) is 0 Å². The molecule has 0 bridgehead atoms. The van der Waals surface area contributed by atoms with E-state index in [0.717, 1.165) is 37.1 Å². The van der Waals surface area contributed by atoms with Crippen molar-refractivity contribution in [2.24, 2.45) is 0 Å². The maximum Gasteiger partial charge on any atom is 0.247 e. The van der Waals surface area contributed by atoms with Gasteiger partial charge in [-0.3, -0.25) is 4.79 Å². The van der Waals surface area contributed by atoms with Gasteiger partial charge in [0, 0.05) is 31.5 Å². The van der Waals surface area contributed by atoms with Gasteiger partial charge in [-0.2, -0.15) is 0 Å². The highest BCUT2D eigenvalue weighted by Crippen LogP contribution is 2.19. The fourth-order valence-corrected chi connectivity index (χ4v) is 2.52. The molecule has 0 saturated carbocycles. The SMILES string of the molecule is CCCN(CCC)C(=O)CCc1nnc(-c2cccc(C)c2)o1. The van der Waals surface area contributed by atoms with Gasteiger partial charge in [0.1, 0.15) is 0 Å². The number of aromatic nitrogens is 2. The van der Waals surface area contributed by atoms with Crippen molar-refractivity contribution in [2.45, 2.75) is 46.5 Å². The van der Waals surface area contributed by atoms with E-state index in [2.05, 4.69) is 24.0 Å². The summed E-state index contributed by atoms with van der Waals surface area (Å²) in [6.07, 6.45) is 2.85. The standard InChI is InChI=1S/C18H25N3O2/c1-4-11-21(12-5-2)17(22)10-9-16-19-20-18(23-16)15-8-6-7-14(3)13-15/h6-8,13H,4-5,9-12H2,1-3H3. The van der Waals surface area contributed by atoms with Crippen molar-refractivity contribution in [3.05, 3.63) is 35.7 Å². The Hall–Kier alpha value is -2.17. The normalized spacial score (nSPS) is 10.7. The summed E-state index contributed by atoms with van der Waals surface area (Å²) in [5.41, 5.74) is 2.06. The van der Waals surface area contributed by atoms with Crippen LogP contribution in [0.2, 0.25) is 0 Å². The first-order valence-corrected chi connectivity index (χ1v) is 8.31. The Balaban J connectivity index is 1.95. The van der Waals surface area contributed by atoms with Gasteiger partial charge >= 0.3 is 0 Å². The molecular weight excluding hydrogens is 290 g/mol. The maximum atomic E-state index is 12.3. The highest BCUT2D eigenvalue weighted by molar-refractivity contribution is 5.76. The van der Waals surface area contributed by atoms with E-state index >= 15 is 0 Å². The second-order valence-electron chi connectivity index (χ2n) is 5.75. The summed E-state index contributed by atoms with van der Waals surface area (Å²) >= 11 is 0. The molecule has 2 rings (SSSR count). The van der Waals surface area contributed by atoms with Crippen molar-refractivity contribution >= 4 is 5.91 Å². The Morgan fingerprint density at radius 2 is 1.91 bits per heavy atom. The quantitative estimate of drug-likeness (QED) is 0.746. The minimum Gasteiger partial charge on any atom is -0.421 e. The van der Waals surface area contributed by atoms with Crippen LogP contribution in [0.3, 0.4) is 0 Å². The molecule has 5 nitrogen and oxygen atoms in total. The van der Waals surface area contributed by atoms with Gasteiger partial charge in [0.2, 0.25) is 17.7 Å². The predicted molar refractivity (Wildman–Crippen MR) is 90.0 cm³/mol. The lowest BCUT2D eigenvalue weighted by atomic mass is 10.1. The Morgan fingerprint density at radius 3 is 2.57 bits per heavy atom. The topological polar surface area (TPSA) is 59.2 Å². The number of hydrogen-bond acceptors (Lipinski definition) is 4. The molecule has 0 atom stereocenters. The van der Waals surface area contributed by atoms with Gasteiger partial charge in [0.15, 0.2) is 0 Å². The number of carbonyl (C=O) groups is 1. The summed E-state index contributed by atoms with van der Waals surface area (Å²) in [6, 6.07) is 7.94. The van der Waals surface area contributed by atoms with Crippen LogP contribution in [0.4, 0.5) is 0 Å². The molecule has 0 saturated heterocycles. The zero-order valence-electron chi connectivity index (χ0n) is 14.2. The zero-order chi connectivity index (χ0) is 16.7. The van der Waals surface area contributed by atoms with Crippen molar-refractivity contribution < 1.29 is 9.21 Å². The zero-order valence-corrected chi connectivity index (χ0v) is 14.2. The van der Waals surface area contributed by atoms with Gasteiger partial charge in [0.25, 0.3) is 0 Å². The molecule has 23 heavy (non-hydrogen) atoms. The molecule has 124 valence electrons. The maximum absolute atomic E-state index is 12.3. The predicted octanol–water partition coefficient (Wildman–Crippen LogP) is 3.63. The van der Waals surface area contributed by atoms with Crippen molar-refractivity contribution in [3.8, 4) is 11.5 Å². The first-order chi connectivity index (χ1) is 11.1. The number of benzene rings is 1. The summed E-state index contributed by atoms with van der Waals surface area (Å²) in [6.45, 7) is 7.82. The molecule has 0 radical (unpaired) electrons. The Labute approximate surface area is 137 Å². The van der Waals surface area contributed by atoms with Gasteiger partial charge in [-0.15, -0.1) is 10.2 Å². The number of rotatable bonds is 8. The van der Waals surface area contributed by atoms with Gasteiger partial charge < -0.3 is 9.32 Å². The van der Waals surface area contributed by atoms with Crippen LogP contribution in [0.15, 0.2) is 28.7 Å². The van der Waals surface area contributed by atoms with Crippen LogP contribution in [-0.2, 0) is 11.2 Å². The summed E-state index contributed by atoms with van der Waals surface area (Å²) in [4.78, 5) is 14.2. The Bertz CT molecular complexity index is 631. The van der Waals surface area contributed by atoms with Crippen molar-refractivity contribution in [1.82, 2.24) is 15.1 Å². The molecule has 0 N–H and O–H groups in total. The van der Waals surface area contributed by atoms with Crippen LogP contribution in [0, 0.1) is 6.92 Å². The van der Waals surface area contributed by atoms with Crippen LogP contribution in [0.25, 0.3) is 11.5 Å². The minimum absolute atomic E-state index is 0.156. The third-order valence-electron chi connectivity index (χ3n) is 3.62. The average molecular weight is 315 g/mol. The first-order valence-electron chi connectivity index (χ1n) is 8.31. The number of aryl methyl sites for hydroxylation is 2. The van der Waals surface area contributed by atoms with E-state index in [-0.39, 0.29) is 5.91 Å². The largest absolute Gasteiger partial charge is 0.421 e. The summed E-state index contributed by atoms with van der Waals surface area (Å²) in [5.74, 6) is 1.18. The fraction of sp³-hybridized carbons (Fsp3) is 0.500. The molecule has 1 amide bonds. The van der Waals surface area contributed by atoms with E-state index in [9.17, 15) is 4.79 Å². The van der Waals surface area contributed by atoms with Crippen LogP contribution < -0.4 is 0 Å². The summed E-state index contributed by atoms with van der Waals surface area (Å²) < 4.78 is 5.68. The van der Waals surface area contributed by atoms with Crippen LogP contribution >= 0.6 is 0 Å². The highest BCUT2D eigenvalue weighted by Gasteiger charge is 2.14. The lowest BCUT2D eigenvalue weighted by Gasteiger charge is -2.21. The van der Waals surface area contributed by atoms with Crippen LogP contribution in [0.1, 0.15) is 44.6 Å². The lowest BCUT2D eigenvalue weighted by molar-refractivity contribution is -0.131. The van der Waals surface area contributed by atoms with Crippen LogP contribution in [0.5, 0.6) is 0 Å². The molecule has 0 aliphatic rings. The third-order valence-corrected chi connectivity index (χ3v) is 3.62. The summed E-state index contributed by atoms with van der Waals surface area (Å²) in [5, 5.41) is 8.14. The van der Waals surface area contributed by atoms with Gasteiger partial charge in [-0.05, 0) is 31.9 Å². The number of amides is 1. The molecule has 0 spiro atoms. The van der Waals surface area contributed by atoms with Crippen LogP contribution in [-0.4, -0.2) is 34.1 Å². The Morgan fingerprint density at radius 1 is 1.17 bits per heavy atom. The lowest BCUT2D eigenvalue weighted by Crippen LogP contribution is -2.32. The van der Waals surface area contributed by atoms with Gasteiger partial charge in [-0.25, -0.2) is 0 Å². The number of nitrogens with zero attached hydrogens (tertiary/aromatic N) is 3. The molecule has 0 fully saturated rings. The van der Waals surface area contributed by atoms with Gasteiger partial charge in [-0.1, -0.05) is 31.5 Å². The van der Waals surface area contributed by atoms with E-state index in [1.807, 2.05) is 36.1 Å². The highest BCUT2D eigenvalue weighted by atomic mass is 16.4. The second-order valence-corrected chi connectivity index (χ2v) is 5.75. The fourth-order valence-electron chi connectivity index (χ4n) is 2.52. The van der Waals surface area contributed by atoms with E-state index in [1.54, 1.807) is 0 Å². The molecule has 0 aliphatic heterocycles. The molecule has 2 aromatic rings. The average Bonchev–Trinajstić information content (AvgIpc) is 3.01. The first kappa shape index (κ1) is 17.2. The minimum atomic E-state index is 0.156. The number of hydrogen-bond donors (Lipinski definition) is 0. The van der Waals surface area contributed by atoms with Crippen molar-refractivity contribution in [3.63, 3.8) is 0 Å². The second kappa shape index (κ2) is 8.46. The molecule has 1 aromatic heterocycles. The van der Waals surface area contributed by atoms with E-state index in [1.165, 1.54) is 0 Å².